The van der Waals surface area contributed by atoms with E-state index in [2.05, 4.69) is 51.3 Å². The minimum atomic E-state index is -0.347. The van der Waals surface area contributed by atoms with Crippen molar-refractivity contribution >= 4 is 40.0 Å². The van der Waals surface area contributed by atoms with Crippen molar-refractivity contribution in [3.8, 4) is 5.69 Å². The maximum absolute atomic E-state index is 11.9. The molecular formula is C24H25N5O2S. The summed E-state index contributed by atoms with van der Waals surface area (Å²) in [5, 5.41) is 1.96. The molecule has 3 heterocycles. The summed E-state index contributed by atoms with van der Waals surface area (Å²) in [7, 11) is 0. The topological polar surface area (TPSA) is 70.5 Å². The van der Waals surface area contributed by atoms with Crippen molar-refractivity contribution in [3.63, 3.8) is 0 Å². The molecule has 2 aromatic carbocycles. The van der Waals surface area contributed by atoms with Gasteiger partial charge in [0, 0.05) is 38.4 Å². The highest BCUT2D eigenvalue weighted by atomic mass is 32.2. The molecule has 1 N–H and O–H groups in total. The van der Waals surface area contributed by atoms with Crippen molar-refractivity contribution < 1.29 is 9.59 Å². The third-order valence-electron chi connectivity index (χ3n) is 6.04. The fourth-order valence-corrected chi connectivity index (χ4v) is 4.86. The molecule has 0 unspecified atom stereocenters. The number of hydrogen-bond acceptors (Lipinski definition) is 6. The van der Waals surface area contributed by atoms with Gasteiger partial charge in [-0.25, -0.2) is 4.98 Å². The standard InChI is InChI=1S/C24H25N5O2S/c1-2-27-9-11-28(12-10-27)15-17-3-6-19(7-4-17)29-16-25-20-8-5-18(13-21(20)29)14-22-23(30)26-24(31)32-22/h3-8,13-14,16H,2,9-12,15H2,1H3,(H,26,30,31)/b22-14-. The van der Waals surface area contributed by atoms with Crippen LogP contribution in [0.5, 0.6) is 0 Å². The van der Waals surface area contributed by atoms with Crippen molar-refractivity contribution in [1.29, 1.82) is 0 Å². The van der Waals surface area contributed by atoms with Crippen molar-refractivity contribution in [2.45, 2.75) is 13.5 Å². The lowest BCUT2D eigenvalue weighted by molar-refractivity contribution is -0.115. The molecule has 164 valence electrons. The van der Waals surface area contributed by atoms with Gasteiger partial charge >= 0.3 is 0 Å². The Labute approximate surface area is 191 Å². The van der Waals surface area contributed by atoms with Gasteiger partial charge in [0.2, 0.25) is 0 Å². The second-order valence-corrected chi connectivity index (χ2v) is 9.11. The Bertz CT molecular complexity index is 1190. The normalized spacial score (nSPS) is 19.2. The molecule has 2 fully saturated rings. The number of nitrogens with zero attached hydrogens (tertiary/aromatic N) is 4. The maximum Gasteiger partial charge on any atom is 0.290 e. The number of fused-ring (bicyclic) bond motifs is 1. The molecule has 0 aliphatic carbocycles. The quantitative estimate of drug-likeness (QED) is 0.604. The van der Waals surface area contributed by atoms with E-state index in [1.54, 1.807) is 6.08 Å². The molecule has 2 amide bonds. The van der Waals surface area contributed by atoms with Gasteiger partial charge in [0.1, 0.15) is 6.33 Å². The fourth-order valence-electron chi connectivity index (χ4n) is 4.18. The summed E-state index contributed by atoms with van der Waals surface area (Å²) >= 11 is 0.926. The van der Waals surface area contributed by atoms with Crippen LogP contribution in [0, 0.1) is 0 Å². The van der Waals surface area contributed by atoms with Crippen LogP contribution in [0.4, 0.5) is 4.79 Å². The van der Waals surface area contributed by atoms with Gasteiger partial charge in [-0.3, -0.25) is 24.4 Å². The van der Waals surface area contributed by atoms with Crippen LogP contribution in [0.1, 0.15) is 18.1 Å². The second-order valence-electron chi connectivity index (χ2n) is 8.09. The van der Waals surface area contributed by atoms with Crippen LogP contribution < -0.4 is 5.32 Å². The number of carbonyl (C=O) groups is 2. The second kappa shape index (κ2) is 8.90. The van der Waals surface area contributed by atoms with Crippen molar-refractivity contribution in [1.82, 2.24) is 24.7 Å². The van der Waals surface area contributed by atoms with Gasteiger partial charge in [-0.05, 0) is 59.8 Å². The third-order valence-corrected chi connectivity index (χ3v) is 6.85. The van der Waals surface area contributed by atoms with Gasteiger partial charge in [0.05, 0.1) is 15.9 Å². The fraction of sp³-hybridized carbons (Fsp3) is 0.292. The summed E-state index contributed by atoms with van der Waals surface area (Å²) < 4.78 is 2.05. The van der Waals surface area contributed by atoms with Gasteiger partial charge in [-0.15, -0.1) is 0 Å². The molecule has 1 aromatic heterocycles. The number of amides is 2. The number of carbonyl (C=O) groups excluding carboxylic acids is 2. The summed E-state index contributed by atoms with van der Waals surface area (Å²) in [6, 6.07) is 14.5. The van der Waals surface area contributed by atoms with Gasteiger partial charge in [-0.2, -0.15) is 0 Å². The van der Waals surface area contributed by atoms with E-state index in [4.69, 9.17) is 0 Å². The van der Waals surface area contributed by atoms with E-state index in [1.165, 1.54) is 5.56 Å². The average molecular weight is 448 g/mol. The Morgan fingerprint density at radius 3 is 2.47 bits per heavy atom. The third kappa shape index (κ3) is 4.34. The number of likely N-dealkylation sites (N-methyl/N-ethyl adjacent to an activating group) is 1. The van der Waals surface area contributed by atoms with E-state index in [-0.39, 0.29) is 11.1 Å². The first-order valence-electron chi connectivity index (χ1n) is 10.8. The molecule has 32 heavy (non-hydrogen) atoms. The van der Waals surface area contributed by atoms with Gasteiger partial charge in [0.15, 0.2) is 0 Å². The molecule has 0 radical (unpaired) electrons. The van der Waals surface area contributed by atoms with E-state index in [1.807, 2.05) is 29.1 Å². The van der Waals surface area contributed by atoms with E-state index in [0.717, 1.165) is 73.3 Å². The minimum Gasteiger partial charge on any atom is -0.301 e. The summed E-state index contributed by atoms with van der Waals surface area (Å²) in [6.07, 6.45) is 3.56. The van der Waals surface area contributed by atoms with Crippen LogP contribution in [0.2, 0.25) is 0 Å². The predicted octanol–water partition coefficient (Wildman–Crippen LogP) is 3.49. The monoisotopic (exact) mass is 447 g/mol. The Morgan fingerprint density at radius 1 is 1.03 bits per heavy atom. The number of piperazine rings is 1. The first kappa shape index (κ1) is 20.9. The number of thioether (sulfide) groups is 1. The molecule has 5 rings (SSSR count). The molecular weight excluding hydrogens is 422 g/mol. The highest BCUT2D eigenvalue weighted by molar-refractivity contribution is 8.18. The maximum atomic E-state index is 11.9. The van der Waals surface area contributed by atoms with Crippen LogP contribution in [-0.2, 0) is 11.3 Å². The number of benzene rings is 2. The number of hydrogen-bond donors (Lipinski definition) is 1. The molecule has 0 atom stereocenters. The highest BCUT2D eigenvalue weighted by Gasteiger charge is 2.25. The lowest BCUT2D eigenvalue weighted by Crippen LogP contribution is -2.45. The Hall–Kier alpha value is -2.94. The van der Waals surface area contributed by atoms with Crippen LogP contribution in [0.25, 0.3) is 22.8 Å². The Morgan fingerprint density at radius 2 is 1.78 bits per heavy atom. The zero-order valence-electron chi connectivity index (χ0n) is 18.0. The SMILES string of the molecule is CCN1CCN(Cc2ccc(-n3cnc4ccc(/C=C5\SC(=O)NC5=O)cc43)cc2)CC1. The number of aromatic nitrogens is 2. The molecule has 7 nitrogen and oxygen atoms in total. The highest BCUT2D eigenvalue weighted by Crippen LogP contribution is 2.27. The molecule has 2 saturated heterocycles. The van der Waals surface area contributed by atoms with Crippen LogP contribution in [-0.4, -0.2) is 63.2 Å². The summed E-state index contributed by atoms with van der Waals surface area (Å²) in [5.41, 5.74) is 5.04. The zero-order chi connectivity index (χ0) is 22.1. The Balaban J connectivity index is 1.35. The van der Waals surface area contributed by atoms with Gasteiger partial charge in [-0.1, -0.05) is 25.1 Å². The number of imidazole rings is 1. The summed E-state index contributed by atoms with van der Waals surface area (Å²) in [6.45, 7) is 8.83. The lowest BCUT2D eigenvalue weighted by Gasteiger charge is -2.34. The van der Waals surface area contributed by atoms with E-state index in [0.29, 0.717) is 4.91 Å². The Kier molecular flexibility index (Phi) is 5.82. The smallest absolute Gasteiger partial charge is 0.290 e. The van der Waals surface area contributed by atoms with E-state index < -0.39 is 0 Å². The minimum absolute atomic E-state index is 0.334. The molecule has 2 aliphatic rings. The van der Waals surface area contributed by atoms with Gasteiger partial charge in [0.25, 0.3) is 11.1 Å². The van der Waals surface area contributed by atoms with Crippen LogP contribution >= 0.6 is 11.8 Å². The average Bonchev–Trinajstić information content (AvgIpc) is 3.37. The van der Waals surface area contributed by atoms with Crippen LogP contribution in [0.15, 0.2) is 53.7 Å². The lowest BCUT2D eigenvalue weighted by atomic mass is 10.1. The molecule has 3 aromatic rings. The molecule has 2 aliphatic heterocycles. The number of rotatable bonds is 5. The van der Waals surface area contributed by atoms with Crippen molar-refractivity contribution in [2.75, 3.05) is 32.7 Å². The molecule has 8 heteroatoms. The van der Waals surface area contributed by atoms with Crippen LogP contribution in [0.3, 0.4) is 0 Å². The van der Waals surface area contributed by atoms with Gasteiger partial charge < -0.3 is 4.90 Å². The van der Waals surface area contributed by atoms with E-state index >= 15 is 0 Å². The predicted molar refractivity (Wildman–Crippen MR) is 128 cm³/mol. The first-order valence-corrected chi connectivity index (χ1v) is 11.7. The largest absolute Gasteiger partial charge is 0.301 e. The molecule has 0 bridgehead atoms. The van der Waals surface area contributed by atoms with E-state index in [9.17, 15) is 9.59 Å². The molecule has 0 spiro atoms. The first-order chi connectivity index (χ1) is 15.6. The summed E-state index contributed by atoms with van der Waals surface area (Å²) in [5.74, 6) is -0.347. The van der Waals surface area contributed by atoms with Crippen molar-refractivity contribution in [2.24, 2.45) is 0 Å². The summed E-state index contributed by atoms with van der Waals surface area (Å²) in [4.78, 5) is 33.2. The number of nitrogens with one attached hydrogen (secondary N) is 1. The van der Waals surface area contributed by atoms with Crippen molar-refractivity contribution in [3.05, 3.63) is 64.8 Å². The number of imide groups is 1. The zero-order valence-corrected chi connectivity index (χ0v) is 18.8. The molecule has 0 saturated carbocycles.